The van der Waals surface area contributed by atoms with E-state index < -0.39 is 0 Å². The first kappa shape index (κ1) is 18.5. The lowest BCUT2D eigenvalue weighted by Gasteiger charge is -2.14. The van der Waals surface area contributed by atoms with Crippen LogP contribution in [0.2, 0.25) is 0 Å². The van der Waals surface area contributed by atoms with Gasteiger partial charge < -0.3 is 15.1 Å². The van der Waals surface area contributed by atoms with Gasteiger partial charge in [-0.05, 0) is 32.9 Å². The van der Waals surface area contributed by atoms with Gasteiger partial charge in [0.15, 0.2) is 4.34 Å². The van der Waals surface area contributed by atoms with Crippen molar-refractivity contribution in [3.05, 3.63) is 36.4 Å². The van der Waals surface area contributed by atoms with Gasteiger partial charge in [-0.3, -0.25) is 4.79 Å². The first-order chi connectivity index (χ1) is 12.5. The lowest BCUT2D eigenvalue weighted by atomic mass is 10.4. The zero-order valence-electron chi connectivity index (χ0n) is 14.7. The molecule has 0 radical (unpaired) electrons. The lowest BCUT2D eigenvalue weighted by molar-refractivity contribution is -0.115. The Bertz CT molecular complexity index is 843. The summed E-state index contributed by atoms with van der Waals surface area (Å²) in [5.74, 6) is 1.41. The highest BCUT2D eigenvalue weighted by molar-refractivity contribution is 8.02. The minimum absolute atomic E-state index is 0.0994. The van der Waals surface area contributed by atoms with Crippen LogP contribution in [0.5, 0.6) is 0 Å². The Labute approximate surface area is 159 Å². The molecule has 10 heteroatoms. The molecule has 3 heterocycles. The normalized spacial score (nSPS) is 12.3. The number of furan rings is 1. The van der Waals surface area contributed by atoms with Gasteiger partial charge in [0, 0.05) is 12.1 Å². The second-order valence-electron chi connectivity index (χ2n) is 5.81. The predicted octanol–water partition coefficient (Wildman–Crippen LogP) is 3.64. The number of carbonyl (C=O) groups is 1. The molecule has 0 aromatic carbocycles. The minimum Gasteiger partial charge on any atom is -0.467 e. The van der Waals surface area contributed by atoms with Gasteiger partial charge in [-0.1, -0.05) is 23.1 Å². The number of hydrogen-bond acceptors (Lipinski definition) is 8. The molecule has 0 saturated carbocycles. The van der Waals surface area contributed by atoms with Gasteiger partial charge in [0.2, 0.25) is 11.0 Å². The van der Waals surface area contributed by atoms with Gasteiger partial charge in [-0.25, -0.2) is 4.68 Å². The molecule has 1 amide bonds. The minimum atomic E-state index is -0.309. The molecule has 0 aliphatic rings. The number of carbonyl (C=O) groups excluding carboxylic acids is 1. The number of anilines is 2. The van der Waals surface area contributed by atoms with E-state index in [1.54, 1.807) is 23.2 Å². The highest BCUT2D eigenvalue weighted by Crippen LogP contribution is 2.29. The zero-order chi connectivity index (χ0) is 18.5. The summed E-state index contributed by atoms with van der Waals surface area (Å²) < 4.78 is 7.77. The molecule has 0 bridgehead atoms. The van der Waals surface area contributed by atoms with Crippen LogP contribution in [0, 0.1) is 0 Å². The molecule has 3 aromatic rings. The standard InChI is InChI=1S/C16H20N6O2S2/c1-10(2)22-13(6-7-18-22)19-14(23)11(3)25-16-21-20-15(26-16)17-9-12-5-4-8-24-12/h4-8,10-11H,9H2,1-3H3,(H,17,20)(H,19,23)/t11-/m0/s1. The van der Waals surface area contributed by atoms with Crippen molar-refractivity contribution < 1.29 is 9.21 Å². The van der Waals surface area contributed by atoms with Crippen molar-refractivity contribution in [2.45, 2.75) is 42.9 Å². The fourth-order valence-electron chi connectivity index (χ4n) is 2.16. The van der Waals surface area contributed by atoms with Crippen LogP contribution < -0.4 is 10.6 Å². The number of aromatic nitrogens is 4. The number of rotatable bonds is 8. The monoisotopic (exact) mass is 392 g/mol. The second kappa shape index (κ2) is 8.37. The molecule has 3 aromatic heterocycles. The highest BCUT2D eigenvalue weighted by atomic mass is 32.2. The maximum atomic E-state index is 12.4. The fourth-order valence-corrected chi connectivity index (χ4v) is 4.05. The van der Waals surface area contributed by atoms with Gasteiger partial charge in [0.25, 0.3) is 0 Å². The van der Waals surface area contributed by atoms with Crippen LogP contribution in [-0.2, 0) is 11.3 Å². The summed E-state index contributed by atoms with van der Waals surface area (Å²) in [4.78, 5) is 12.4. The van der Waals surface area contributed by atoms with Crippen LogP contribution in [0.15, 0.2) is 39.4 Å². The Morgan fingerprint density at radius 3 is 2.92 bits per heavy atom. The number of amides is 1. The van der Waals surface area contributed by atoms with Crippen LogP contribution in [-0.4, -0.2) is 31.1 Å². The molecular weight excluding hydrogens is 372 g/mol. The summed E-state index contributed by atoms with van der Waals surface area (Å²) >= 11 is 2.78. The van der Waals surface area contributed by atoms with Crippen LogP contribution in [0.1, 0.15) is 32.6 Å². The summed E-state index contributed by atoms with van der Waals surface area (Å²) in [5.41, 5.74) is 0. The van der Waals surface area contributed by atoms with E-state index in [2.05, 4.69) is 25.9 Å². The van der Waals surface area contributed by atoms with Crippen LogP contribution in [0.4, 0.5) is 10.9 Å². The van der Waals surface area contributed by atoms with Crippen LogP contribution in [0.25, 0.3) is 0 Å². The smallest absolute Gasteiger partial charge is 0.238 e. The first-order valence-electron chi connectivity index (χ1n) is 8.13. The molecule has 2 N–H and O–H groups in total. The van der Waals surface area contributed by atoms with Crippen LogP contribution >= 0.6 is 23.1 Å². The van der Waals surface area contributed by atoms with E-state index in [0.29, 0.717) is 17.5 Å². The Morgan fingerprint density at radius 1 is 1.35 bits per heavy atom. The fraction of sp³-hybridized carbons (Fsp3) is 0.375. The number of nitrogens with one attached hydrogen (secondary N) is 2. The van der Waals surface area contributed by atoms with Gasteiger partial charge in [-0.15, -0.1) is 10.2 Å². The first-order valence-corrected chi connectivity index (χ1v) is 9.83. The molecule has 0 fully saturated rings. The Morgan fingerprint density at radius 2 is 2.19 bits per heavy atom. The van der Waals surface area contributed by atoms with E-state index in [9.17, 15) is 4.79 Å². The number of thioether (sulfide) groups is 1. The van der Waals surface area contributed by atoms with E-state index >= 15 is 0 Å². The summed E-state index contributed by atoms with van der Waals surface area (Å²) in [5, 5.41) is 18.9. The highest BCUT2D eigenvalue weighted by Gasteiger charge is 2.19. The molecule has 0 spiro atoms. The summed E-state index contributed by atoms with van der Waals surface area (Å²) in [6.07, 6.45) is 3.30. The average Bonchev–Trinajstić information content (AvgIpc) is 3.34. The summed E-state index contributed by atoms with van der Waals surface area (Å²) in [6.45, 7) is 6.41. The van der Waals surface area contributed by atoms with Gasteiger partial charge in [0.1, 0.15) is 11.6 Å². The third-order valence-corrected chi connectivity index (χ3v) is 5.52. The largest absolute Gasteiger partial charge is 0.467 e. The van der Waals surface area contributed by atoms with Gasteiger partial charge in [0.05, 0.1) is 24.3 Å². The Balaban J connectivity index is 1.53. The molecule has 26 heavy (non-hydrogen) atoms. The van der Waals surface area contributed by atoms with Gasteiger partial charge >= 0.3 is 0 Å². The molecule has 0 saturated heterocycles. The van der Waals surface area contributed by atoms with Crippen molar-refractivity contribution >= 4 is 40.0 Å². The molecule has 1 atom stereocenters. The maximum Gasteiger partial charge on any atom is 0.238 e. The third-order valence-electron chi connectivity index (χ3n) is 3.46. The molecule has 0 unspecified atom stereocenters. The molecule has 0 aliphatic heterocycles. The summed E-state index contributed by atoms with van der Waals surface area (Å²) in [6, 6.07) is 5.69. The number of nitrogens with zero attached hydrogens (tertiary/aromatic N) is 4. The van der Waals surface area contributed by atoms with Crippen molar-refractivity contribution in [2.24, 2.45) is 0 Å². The van der Waals surface area contributed by atoms with Crippen LogP contribution in [0.3, 0.4) is 0 Å². The Hall–Kier alpha value is -2.33. The Kier molecular flexibility index (Phi) is 5.94. The molecular formula is C16H20N6O2S2. The van der Waals surface area contributed by atoms with Gasteiger partial charge in [-0.2, -0.15) is 5.10 Å². The average molecular weight is 393 g/mol. The van der Waals surface area contributed by atoms with E-state index in [1.165, 1.54) is 23.1 Å². The van der Waals surface area contributed by atoms with E-state index in [4.69, 9.17) is 4.42 Å². The van der Waals surface area contributed by atoms with E-state index in [0.717, 1.165) is 10.1 Å². The van der Waals surface area contributed by atoms with Crippen molar-refractivity contribution in [3.63, 3.8) is 0 Å². The lowest BCUT2D eigenvalue weighted by Crippen LogP contribution is -2.24. The maximum absolute atomic E-state index is 12.4. The van der Waals surface area contributed by atoms with Crippen molar-refractivity contribution in [2.75, 3.05) is 10.6 Å². The van der Waals surface area contributed by atoms with E-state index in [-0.39, 0.29) is 17.2 Å². The molecule has 3 rings (SSSR count). The zero-order valence-corrected chi connectivity index (χ0v) is 16.3. The SMILES string of the molecule is CC(C)n1nccc1NC(=O)[C@H](C)Sc1nnc(NCc2ccco2)s1. The molecule has 138 valence electrons. The predicted molar refractivity (Wildman–Crippen MR) is 103 cm³/mol. The summed E-state index contributed by atoms with van der Waals surface area (Å²) in [7, 11) is 0. The van der Waals surface area contributed by atoms with E-state index in [1.807, 2.05) is 32.9 Å². The van der Waals surface area contributed by atoms with Crippen molar-refractivity contribution in [1.29, 1.82) is 0 Å². The third kappa shape index (κ3) is 4.64. The molecule has 0 aliphatic carbocycles. The molecule has 8 nitrogen and oxygen atoms in total. The topological polar surface area (TPSA) is 97.9 Å². The second-order valence-corrected chi connectivity index (χ2v) is 8.38. The number of hydrogen-bond donors (Lipinski definition) is 2. The van der Waals surface area contributed by atoms with Crippen molar-refractivity contribution in [1.82, 2.24) is 20.0 Å². The van der Waals surface area contributed by atoms with Crippen molar-refractivity contribution in [3.8, 4) is 0 Å². The quantitative estimate of drug-likeness (QED) is 0.565.